The Hall–Kier alpha value is -2.83. The van der Waals surface area contributed by atoms with Crippen LogP contribution >= 0.6 is 24.0 Å². The molecule has 0 atom stereocenters. The number of piperidine rings is 1. The third kappa shape index (κ3) is 4.50. The highest BCUT2D eigenvalue weighted by atomic mass is 32.2. The molecule has 0 saturated carbocycles. The van der Waals surface area contributed by atoms with Crippen molar-refractivity contribution in [3.05, 3.63) is 56.1 Å². The number of nitriles is 1. The number of amides is 1. The lowest BCUT2D eigenvalue weighted by Crippen LogP contribution is -2.37. The van der Waals surface area contributed by atoms with Gasteiger partial charge in [0.2, 0.25) is 0 Å². The molecule has 0 bridgehead atoms. The minimum Gasteiger partial charge on any atom is -0.467 e. The lowest BCUT2D eigenvalue weighted by molar-refractivity contribution is -0.122. The summed E-state index contributed by atoms with van der Waals surface area (Å²) in [4.78, 5) is 30.7. The Morgan fingerprint density at radius 2 is 2.03 bits per heavy atom. The molecule has 33 heavy (non-hydrogen) atoms. The predicted molar refractivity (Wildman–Crippen MR) is 134 cm³/mol. The summed E-state index contributed by atoms with van der Waals surface area (Å²) in [5, 5.41) is 9.75. The van der Waals surface area contributed by atoms with Crippen molar-refractivity contribution in [3.63, 3.8) is 0 Å². The standard InChI is InChI=1S/C24H26N4O3S2/c1-3-9-27-21(26-10-5-4-6-11-26)18(16(2)19(14-25)22(27)29)13-20-23(30)28(24(32)33-20)15-17-8-7-12-31-17/h7-8,12-13H,3-6,9-11,15H2,1-2H3. The summed E-state index contributed by atoms with van der Waals surface area (Å²) in [5.74, 6) is 1.26. The Bertz CT molecular complexity index is 1200. The third-order valence-corrected chi connectivity index (χ3v) is 7.37. The van der Waals surface area contributed by atoms with Crippen LogP contribution in [0, 0.1) is 18.3 Å². The zero-order valence-electron chi connectivity index (χ0n) is 18.8. The summed E-state index contributed by atoms with van der Waals surface area (Å²) >= 11 is 6.72. The van der Waals surface area contributed by atoms with Gasteiger partial charge in [-0.2, -0.15) is 5.26 Å². The van der Waals surface area contributed by atoms with Gasteiger partial charge >= 0.3 is 0 Å². The van der Waals surface area contributed by atoms with E-state index in [1.54, 1.807) is 29.9 Å². The van der Waals surface area contributed by atoms with Gasteiger partial charge in [-0.05, 0) is 56.4 Å². The number of carbonyl (C=O) groups is 1. The van der Waals surface area contributed by atoms with Crippen LogP contribution in [0.5, 0.6) is 0 Å². The monoisotopic (exact) mass is 482 g/mol. The molecule has 2 aromatic rings. The summed E-state index contributed by atoms with van der Waals surface area (Å²) in [6.45, 7) is 6.27. The first kappa shape index (κ1) is 23.3. The zero-order chi connectivity index (χ0) is 23.5. The number of pyridine rings is 1. The second-order valence-electron chi connectivity index (χ2n) is 8.20. The van der Waals surface area contributed by atoms with Crippen molar-refractivity contribution in [2.75, 3.05) is 18.0 Å². The van der Waals surface area contributed by atoms with E-state index < -0.39 is 0 Å². The van der Waals surface area contributed by atoms with Crippen LogP contribution in [-0.4, -0.2) is 32.8 Å². The summed E-state index contributed by atoms with van der Waals surface area (Å²) in [6, 6.07) is 5.68. The molecule has 0 aromatic carbocycles. The molecule has 1 amide bonds. The van der Waals surface area contributed by atoms with Gasteiger partial charge in [0.15, 0.2) is 0 Å². The fraction of sp³-hybridized carbons (Fsp3) is 0.417. The quantitative estimate of drug-likeness (QED) is 0.445. The van der Waals surface area contributed by atoms with E-state index in [0.717, 1.165) is 50.2 Å². The van der Waals surface area contributed by atoms with Gasteiger partial charge < -0.3 is 9.32 Å². The molecule has 2 aliphatic rings. The van der Waals surface area contributed by atoms with Crippen LogP contribution in [0.25, 0.3) is 6.08 Å². The molecular formula is C24H26N4O3S2. The first-order chi connectivity index (χ1) is 16.0. The molecule has 0 unspecified atom stereocenters. The number of anilines is 1. The normalized spacial score (nSPS) is 17.8. The fourth-order valence-corrected chi connectivity index (χ4v) is 5.58. The minimum atomic E-state index is -0.264. The molecule has 172 valence electrons. The molecule has 9 heteroatoms. The topological polar surface area (TPSA) is 82.5 Å². The van der Waals surface area contributed by atoms with E-state index in [0.29, 0.717) is 27.1 Å². The van der Waals surface area contributed by atoms with Gasteiger partial charge in [0, 0.05) is 25.2 Å². The van der Waals surface area contributed by atoms with Gasteiger partial charge in [0.25, 0.3) is 11.5 Å². The Morgan fingerprint density at radius 3 is 2.67 bits per heavy atom. The molecule has 7 nitrogen and oxygen atoms in total. The summed E-state index contributed by atoms with van der Waals surface area (Å²) < 4.78 is 7.56. The summed E-state index contributed by atoms with van der Waals surface area (Å²) in [6.07, 6.45) is 7.39. The Balaban J connectivity index is 1.84. The van der Waals surface area contributed by atoms with Crippen LogP contribution in [0.3, 0.4) is 0 Å². The van der Waals surface area contributed by atoms with E-state index in [2.05, 4.69) is 11.0 Å². The molecule has 0 spiro atoms. The van der Waals surface area contributed by atoms with E-state index in [1.165, 1.54) is 16.7 Å². The van der Waals surface area contributed by atoms with E-state index in [-0.39, 0.29) is 23.6 Å². The Morgan fingerprint density at radius 1 is 1.27 bits per heavy atom. The number of nitrogens with zero attached hydrogens (tertiary/aromatic N) is 4. The van der Waals surface area contributed by atoms with Crippen molar-refractivity contribution in [1.82, 2.24) is 9.47 Å². The first-order valence-electron chi connectivity index (χ1n) is 11.2. The molecular weight excluding hydrogens is 456 g/mol. The van der Waals surface area contributed by atoms with Crippen molar-refractivity contribution < 1.29 is 9.21 Å². The van der Waals surface area contributed by atoms with E-state index in [1.807, 2.05) is 13.0 Å². The van der Waals surface area contributed by atoms with Crippen molar-refractivity contribution >= 4 is 46.1 Å². The smallest absolute Gasteiger partial charge is 0.270 e. The van der Waals surface area contributed by atoms with Crippen molar-refractivity contribution in [3.8, 4) is 6.07 Å². The number of furan rings is 1. The van der Waals surface area contributed by atoms with Gasteiger partial charge in [0.05, 0.1) is 17.7 Å². The first-order valence-corrected chi connectivity index (χ1v) is 12.4. The van der Waals surface area contributed by atoms with Gasteiger partial charge in [-0.3, -0.25) is 19.1 Å². The average Bonchev–Trinajstić information content (AvgIpc) is 3.42. The maximum absolute atomic E-state index is 13.2. The number of thioether (sulfide) groups is 1. The average molecular weight is 483 g/mol. The van der Waals surface area contributed by atoms with Crippen LogP contribution in [-0.2, 0) is 17.9 Å². The second kappa shape index (κ2) is 9.98. The van der Waals surface area contributed by atoms with Crippen LogP contribution in [0.15, 0.2) is 32.5 Å². The number of thiocarbonyl (C=S) groups is 1. The summed E-state index contributed by atoms with van der Waals surface area (Å²) in [5.41, 5.74) is 1.22. The number of hydrogen-bond donors (Lipinski definition) is 0. The molecule has 2 aliphatic heterocycles. The van der Waals surface area contributed by atoms with Crippen molar-refractivity contribution in [2.45, 2.75) is 52.6 Å². The molecule has 0 radical (unpaired) electrons. The highest BCUT2D eigenvalue weighted by molar-refractivity contribution is 8.26. The van der Waals surface area contributed by atoms with Gasteiger partial charge in [-0.1, -0.05) is 30.9 Å². The number of rotatable bonds is 6. The number of hydrogen-bond acceptors (Lipinski definition) is 7. The molecule has 2 fully saturated rings. The minimum absolute atomic E-state index is 0.126. The molecule has 2 aromatic heterocycles. The lowest BCUT2D eigenvalue weighted by Gasteiger charge is -2.33. The van der Waals surface area contributed by atoms with Gasteiger partial charge in [-0.25, -0.2) is 0 Å². The molecule has 4 heterocycles. The maximum atomic E-state index is 13.2. The Labute approximate surface area is 202 Å². The molecule has 0 aliphatic carbocycles. The maximum Gasteiger partial charge on any atom is 0.270 e. The van der Waals surface area contributed by atoms with Crippen LogP contribution in [0.4, 0.5) is 5.82 Å². The highest BCUT2D eigenvalue weighted by Crippen LogP contribution is 2.37. The van der Waals surface area contributed by atoms with Crippen molar-refractivity contribution in [1.29, 1.82) is 5.26 Å². The molecule has 0 N–H and O–H groups in total. The molecule has 4 rings (SSSR count). The SMILES string of the molecule is CCCn1c(N2CCCCC2)c(C=C2SC(=S)N(Cc3ccco3)C2=O)c(C)c(C#N)c1=O. The Kier molecular flexibility index (Phi) is 7.05. The largest absolute Gasteiger partial charge is 0.467 e. The van der Waals surface area contributed by atoms with Gasteiger partial charge in [-0.15, -0.1) is 0 Å². The molecule has 2 saturated heterocycles. The highest BCUT2D eigenvalue weighted by Gasteiger charge is 2.34. The summed E-state index contributed by atoms with van der Waals surface area (Å²) in [7, 11) is 0. The van der Waals surface area contributed by atoms with Crippen LogP contribution in [0.1, 0.15) is 55.1 Å². The van der Waals surface area contributed by atoms with Crippen LogP contribution in [0.2, 0.25) is 0 Å². The zero-order valence-corrected chi connectivity index (χ0v) is 20.4. The van der Waals surface area contributed by atoms with Crippen molar-refractivity contribution in [2.24, 2.45) is 0 Å². The lowest BCUT2D eigenvalue weighted by atomic mass is 10.0. The predicted octanol–water partition coefficient (Wildman–Crippen LogP) is 4.42. The second-order valence-corrected chi connectivity index (χ2v) is 9.88. The van der Waals surface area contributed by atoms with E-state index in [9.17, 15) is 14.9 Å². The van der Waals surface area contributed by atoms with E-state index >= 15 is 0 Å². The fourth-order valence-electron chi connectivity index (χ4n) is 4.35. The van der Waals surface area contributed by atoms with E-state index in [4.69, 9.17) is 16.6 Å². The van der Waals surface area contributed by atoms with Crippen LogP contribution < -0.4 is 10.5 Å². The number of carbonyl (C=O) groups excluding carboxylic acids is 1. The third-order valence-electron chi connectivity index (χ3n) is 5.99. The number of aromatic nitrogens is 1. The van der Waals surface area contributed by atoms with Gasteiger partial charge in [0.1, 0.15) is 27.5 Å².